The van der Waals surface area contributed by atoms with Crippen molar-refractivity contribution in [1.29, 1.82) is 0 Å². The molecule has 0 bridgehead atoms. The molecule has 3 rings (SSSR count). The van der Waals surface area contributed by atoms with E-state index in [4.69, 9.17) is 0 Å². The average Bonchev–Trinajstić information content (AvgIpc) is 2.90. The second kappa shape index (κ2) is 4.59. The van der Waals surface area contributed by atoms with Gasteiger partial charge < -0.3 is 4.90 Å². The van der Waals surface area contributed by atoms with Crippen LogP contribution in [0.25, 0.3) is 11.0 Å². The van der Waals surface area contributed by atoms with Crippen LogP contribution in [0.15, 0.2) is 15.7 Å². The molecule has 2 aromatic heterocycles. The fourth-order valence-corrected chi connectivity index (χ4v) is 2.55. The first-order valence-electron chi connectivity index (χ1n) is 6.49. The quantitative estimate of drug-likeness (QED) is 0.773. The molecule has 0 radical (unpaired) electrons. The van der Waals surface area contributed by atoms with Crippen LogP contribution in [0.5, 0.6) is 0 Å². The second-order valence-electron chi connectivity index (χ2n) is 4.96. The van der Waals surface area contributed by atoms with E-state index in [1.54, 1.807) is 17.9 Å². The van der Waals surface area contributed by atoms with Gasteiger partial charge in [0, 0.05) is 13.1 Å². The Kier molecular flexibility index (Phi) is 2.89. The number of aromatic amines is 2. The highest BCUT2D eigenvalue weighted by Gasteiger charge is 2.21. The van der Waals surface area contributed by atoms with Gasteiger partial charge in [0.1, 0.15) is 11.3 Å². The Labute approximate surface area is 113 Å². The van der Waals surface area contributed by atoms with Gasteiger partial charge in [0.15, 0.2) is 0 Å². The molecule has 2 N–H and O–H groups in total. The summed E-state index contributed by atoms with van der Waals surface area (Å²) in [5, 5.41) is 0.308. The normalized spacial score (nSPS) is 14.9. The largest absolute Gasteiger partial charge is 0.337 e. The summed E-state index contributed by atoms with van der Waals surface area (Å²) in [4.78, 5) is 45.8. The third-order valence-electron chi connectivity index (χ3n) is 3.52. The monoisotopic (exact) mass is 274 g/mol. The number of fused-ring (bicyclic) bond motifs is 1. The summed E-state index contributed by atoms with van der Waals surface area (Å²) in [6.07, 6.45) is 1.99. The topological polar surface area (TPSA) is 98.9 Å². The predicted octanol–water partition coefficient (Wildman–Crippen LogP) is 0.156. The molecule has 0 unspecified atom stereocenters. The summed E-state index contributed by atoms with van der Waals surface area (Å²) >= 11 is 0. The van der Waals surface area contributed by atoms with Crippen molar-refractivity contribution < 1.29 is 4.79 Å². The second-order valence-corrected chi connectivity index (χ2v) is 4.96. The van der Waals surface area contributed by atoms with E-state index >= 15 is 0 Å². The lowest BCUT2D eigenvalue weighted by molar-refractivity contribution is 0.0787. The van der Waals surface area contributed by atoms with Gasteiger partial charge in [-0.15, -0.1) is 0 Å². The van der Waals surface area contributed by atoms with E-state index in [0.717, 1.165) is 25.9 Å². The highest BCUT2D eigenvalue weighted by molar-refractivity contribution is 5.95. The Hall–Kier alpha value is -2.44. The minimum atomic E-state index is -0.625. The van der Waals surface area contributed by atoms with Gasteiger partial charge in [-0.3, -0.25) is 19.6 Å². The van der Waals surface area contributed by atoms with Gasteiger partial charge in [0.05, 0.1) is 5.39 Å². The molecule has 7 nitrogen and oxygen atoms in total. The zero-order chi connectivity index (χ0) is 14.3. The standard InChI is InChI=1S/C13H14N4O3/c1-7-6-8(12(19)17-4-2-3-5-17)14-10-9(7)11(18)16-13(20)15-10/h6H,2-5H2,1H3,(H2,14,15,16,18,20). The predicted molar refractivity (Wildman–Crippen MR) is 72.9 cm³/mol. The molecule has 7 heteroatoms. The number of hydrogen-bond donors (Lipinski definition) is 2. The molecule has 0 atom stereocenters. The van der Waals surface area contributed by atoms with Crippen LogP contribution in [0.3, 0.4) is 0 Å². The Morgan fingerprint density at radius 3 is 2.65 bits per heavy atom. The Morgan fingerprint density at radius 1 is 1.25 bits per heavy atom. The first kappa shape index (κ1) is 12.6. The number of nitrogens with one attached hydrogen (secondary N) is 2. The first-order valence-corrected chi connectivity index (χ1v) is 6.49. The molecular weight excluding hydrogens is 260 g/mol. The van der Waals surface area contributed by atoms with Crippen LogP contribution in [0.4, 0.5) is 0 Å². The molecule has 1 saturated heterocycles. The molecule has 3 heterocycles. The maximum atomic E-state index is 12.3. The highest BCUT2D eigenvalue weighted by atomic mass is 16.2. The van der Waals surface area contributed by atoms with Crippen molar-refractivity contribution in [2.75, 3.05) is 13.1 Å². The number of nitrogens with zero attached hydrogens (tertiary/aromatic N) is 2. The van der Waals surface area contributed by atoms with E-state index in [1.165, 1.54) is 0 Å². The molecule has 0 aliphatic carbocycles. The molecule has 1 fully saturated rings. The maximum Gasteiger partial charge on any atom is 0.327 e. The minimum absolute atomic E-state index is 0.154. The van der Waals surface area contributed by atoms with Crippen molar-refractivity contribution in [3.8, 4) is 0 Å². The van der Waals surface area contributed by atoms with E-state index < -0.39 is 11.2 Å². The van der Waals surface area contributed by atoms with Gasteiger partial charge in [-0.05, 0) is 31.4 Å². The Bertz CT molecular complexity index is 799. The van der Waals surface area contributed by atoms with E-state index in [2.05, 4.69) is 15.0 Å². The number of amides is 1. The van der Waals surface area contributed by atoms with Gasteiger partial charge in [0.25, 0.3) is 11.5 Å². The van der Waals surface area contributed by atoms with Crippen molar-refractivity contribution in [1.82, 2.24) is 19.9 Å². The molecule has 104 valence electrons. The Balaban J connectivity index is 2.16. The van der Waals surface area contributed by atoms with Crippen molar-refractivity contribution in [2.24, 2.45) is 0 Å². The number of carbonyl (C=O) groups excluding carboxylic acids is 1. The number of H-pyrrole nitrogens is 2. The van der Waals surface area contributed by atoms with E-state index in [-0.39, 0.29) is 17.2 Å². The number of likely N-dealkylation sites (tertiary alicyclic amines) is 1. The molecule has 1 aliphatic rings. The van der Waals surface area contributed by atoms with E-state index in [0.29, 0.717) is 10.9 Å². The van der Waals surface area contributed by atoms with Gasteiger partial charge in [-0.1, -0.05) is 0 Å². The van der Waals surface area contributed by atoms with Crippen LogP contribution >= 0.6 is 0 Å². The fraction of sp³-hybridized carbons (Fsp3) is 0.385. The molecule has 2 aromatic rings. The van der Waals surface area contributed by atoms with Crippen LogP contribution in [-0.4, -0.2) is 38.8 Å². The van der Waals surface area contributed by atoms with Crippen molar-refractivity contribution in [3.63, 3.8) is 0 Å². The first-order chi connectivity index (χ1) is 9.56. The molecule has 1 aliphatic heterocycles. The van der Waals surface area contributed by atoms with Crippen molar-refractivity contribution >= 4 is 16.9 Å². The number of aromatic nitrogens is 3. The summed E-state index contributed by atoms with van der Waals surface area (Å²) < 4.78 is 0. The third kappa shape index (κ3) is 2.01. The zero-order valence-electron chi connectivity index (χ0n) is 11.0. The minimum Gasteiger partial charge on any atom is -0.337 e. The zero-order valence-corrected chi connectivity index (χ0v) is 11.0. The lowest BCUT2D eigenvalue weighted by Crippen LogP contribution is -2.29. The fourth-order valence-electron chi connectivity index (χ4n) is 2.55. The van der Waals surface area contributed by atoms with Crippen LogP contribution in [0, 0.1) is 6.92 Å². The molecule has 1 amide bonds. The van der Waals surface area contributed by atoms with Gasteiger partial charge in [-0.2, -0.15) is 0 Å². The van der Waals surface area contributed by atoms with E-state index in [9.17, 15) is 14.4 Å². The lowest BCUT2D eigenvalue weighted by Gasteiger charge is -2.15. The van der Waals surface area contributed by atoms with Gasteiger partial charge in [0.2, 0.25) is 0 Å². The summed E-state index contributed by atoms with van der Waals surface area (Å²) in [6.45, 7) is 3.17. The van der Waals surface area contributed by atoms with Gasteiger partial charge >= 0.3 is 5.69 Å². The summed E-state index contributed by atoms with van der Waals surface area (Å²) in [7, 11) is 0. The molecule has 20 heavy (non-hydrogen) atoms. The SMILES string of the molecule is Cc1cc(C(=O)N2CCCC2)nc2[nH]c(=O)[nH]c(=O)c12. The molecule has 0 aromatic carbocycles. The maximum absolute atomic E-state index is 12.3. The molecular formula is C13H14N4O3. The van der Waals surface area contributed by atoms with Crippen molar-refractivity contribution in [3.05, 3.63) is 38.2 Å². The van der Waals surface area contributed by atoms with Crippen LogP contribution in [0.1, 0.15) is 28.9 Å². The average molecular weight is 274 g/mol. The van der Waals surface area contributed by atoms with Crippen LogP contribution in [0.2, 0.25) is 0 Å². The number of aryl methyl sites for hydroxylation is 1. The number of carbonyl (C=O) groups is 1. The molecule has 0 spiro atoms. The van der Waals surface area contributed by atoms with Gasteiger partial charge in [-0.25, -0.2) is 9.78 Å². The third-order valence-corrected chi connectivity index (χ3v) is 3.52. The van der Waals surface area contributed by atoms with Crippen LogP contribution in [-0.2, 0) is 0 Å². The van der Waals surface area contributed by atoms with Crippen LogP contribution < -0.4 is 11.2 Å². The molecule has 0 saturated carbocycles. The highest BCUT2D eigenvalue weighted by Crippen LogP contribution is 2.15. The summed E-state index contributed by atoms with van der Waals surface area (Å²) in [6, 6.07) is 1.59. The Morgan fingerprint density at radius 2 is 1.95 bits per heavy atom. The number of pyridine rings is 1. The summed E-state index contributed by atoms with van der Waals surface area (Å²) in [5.74, 6) is -0.159. The van der Waals surface area contributed by atoms with Crippen molar-refractivity contribution in [2.45, 2.75) is 19.8 Å². The summed E-state index contributed by atoms with van der Waals surface area (Å²) in [5.41, 5.74) is -0.0800. The lowest BCUT2D eigenvalue weighted by atomic mass is 10.1. The smallest absolute Gasteiger partial charge is 0.327 e. The van der Waals surface area contributed by atoms with E-state index in [1.807, 2.05) is 0 Å². The number of hydrogen-bond acceptors (Lipinski definition) is 4. The number of rotatable bonds is 1.